The summed E-state index contributed by atoms with van der Waals surface area (Å²) < 4.78 is 16.8. The second-order valence-corrected chi connectivity index (χ2v) is 6.66. The lowest BCUT2D eigenvalue weighted by atomic mass is 9.99. The van der Waals surface area contributed by atoms with Gasteiger partial charge in [-0.05, 0) is 42.7 Å². The summed E-state index contributed by atoms with van der Waals surface area (Å²) in [7, 11) is 3.36. The molecule has 0 fully saturated rings. The summed E-state index contributed by atoms with van der Waals surface area (Å²) in [6, 6.07) is 12.2. The number of benzene rings is 2. The first-order valence-electron chi connectivity index (χ1n) is 9.65. The number of hydrogen-bond donors (Lipinski definition) is 0. The third-order valence-corrected chi connectivity index (χ3v) is 4.64. The standard InChI is InChI=1S/C23H32O3/c1-5-6-7-8-9-10-15-26-20-13-11-19(12-14-20)23-18(2)16-21(24-3)17-22(23)25-4/h11-14,16-17H,5-10,15H2,1-4H3. The van der Waals surface area contributed by atoms with E-state index in [-0.39, 0.29) is 0 Å². The quantitative estimate of drug-likeness (QED) is 0.435. The molecule has 0 saturated heterocycles. The smallest absolute Gasteiger partial charge is 0.130 e. The molecule has 2 aromatic carbocycles. The van der Waals surface area contributed by atoms with Gasteiger partial charge < -0.3 is 14.2 Å². The molecule has 0 amide bonds. The molecule has 0 aliphatic rings. The Morgan fingerprint density at radius 3 is 2.12 bits per heavy atom. The van der Waals surface area contributed by atoms with Crippen LogP contribution in [0, 0.1) is 6.92 Å². The highest BCUT2D eigenvalue weighted by Gasteiger charge is 2.12. The van der Waals surface area contributed by atoms with Crippen molar-refractivity contribution in [2.24, 2.45) is 0 Å². The SMILES string of the molecule is CCCCCCCCOc1ccc(-c2c(C)cc(OC)cc2OC)cc1. The Kier molecular flexibility index (Phi) is 8.33. The summed E-state index contributed by atoms with van der Waals surface area (Å²) >= 11 is 0. The molecule has 2 rings (SSSR count). The van der Waals surface area contributed by atoms with E-state index in [4.69, 9.17) is 14.2 Å². The number of ether oxygens (including phenoxy) is 3. The van der Waals surface area contributed by atoms with Gasteiger partial charge >= 0.3 is 0 Å². The lowest BCUT2D eigenvalue weighted by Gasteiger charge is -2.14. The van der Waals surface area contributed by atoms with Crippen LogP contribution in [0.25, 0.3) is 11.1 Å². The van der Waals surface area contributed by atoms with Gasteiger partial charge in [-0.15, -0.1) is 0 Å². The molecule has 0 N–H and O–H groups in total. The van der Waals surface area contributed by atoms with Crippen molar-refractivity contribution in [2.45, 2.75) is 52.4 Å². The van der Waals surface area contributed by atoms with Crippen LogP contribution in [0.2, 0.25) is 0 Å². The molecule has 0 saturated carbocycles. The first-order valence-corrected chi connectivity index (χ1v) is 9.65. The van der Waals surface area contributed by atoms with Crippen LogP contribution in [0.5, 0.6) is 17.2 Å². The molecule has 3 heteroatoms. The largest absolute Gasteiger partial charge is 0.497 e. The van der Waals surface area contributed by atoms with E-state index in [0.717, 1.165) is 47.0 Å². The molecule has 0 radical (unpaired) electrons. The fourth-order valence-electron chi connectivity index (χ4n) is 3.16. The maximum absolute atomic E-state index is 5.88. The minimum atomic E-state index is 0.788. The van der Waals surface area contributed by atoms with Gasteiger partial charge in [0.25, 0.3) is 0 Å². The zero-order chi connectivity index (χ0) is 18.8. The van der Waals surface area contributed by atoms with E-state index in [0.29, 0.717) is 0 Å². The average molecular weight is 357 g/mol. The maximum atomic E-state index is 5.88. The third-order valence-electron chi connectivity index (χ3n) is 4.64. The second kappa shape index (κ2) is 10.7. The van der Waals surface area contributed by atoms with Crippen LogP contribution < -0.4 is 14.2 Å². The minimum Gasteiger partial charge on any atom is -0.497 e. The van der Waals surface area contributed by atoms with E-state index in [2.05, 4.69) is 26.0 Å². The Hall–Kier alpha value is -2.16. The fraction of sp³-hybridized carbons (Fsp3) is 0.478. The van der Waals surface area contributed by atoms with Gasteiger partial charge in [0.1, 0.15) is 17.2 Å². The van der Waals surface area contributed by atoms with Crippen LogP contribution in [-0.4, -0.2) is 20.8 Å². The number of unbranched alkanes of at least 4 members (excludes halogenated alkanes) is 5. The summed E-state index contributed by atoms with van der Waals surface area (Å²) in [5, 5.41) is 0. The molecule has 2 aromatic rings. The van der Waals surface area contributed by atoms with E-state index in [1.165, 1.54) is 32.1 Å². The molecular weight excluding hydrogens is 324 g/mol. The van der Waals surface area contributed by atoms with Crippen LogP contribution in [0.1, 0.15) is 51.0 Å². The van der Waals surface area contributed by atoms with Crippen molar-refractivity contribution in [1.82, 2.24) is 0 Å². The lowest BCUT2D eigenvalue weighted by Crippen LogP contribution is -1.97. The molecule has 142 valence electrons. The monoisotopic (exact) mass is 356 g/mol. The van der Waals surface area contributed by atoms with E-state index in [1.54, 1.807) is 14.2 Å². The minimum absolute atomic E-state index is 0.788. The second-order valence-electron chi connectivity index (χ2n) is 6.66. The average Bonchev–Trinajstić information content (AvgIpc) is 2.67. The molecule has 0 aliphatic carbocycles. The third kappa shape index (κ3) is 5.69. The van der Waals surface area contributed by atoms with Crippen LogP contribution >= 0.6 is 0 Å². The molecule has 0 unspecified atom stereocenters. The van der Waals surface area contributed by atoms with Crippen molar-refractivity contribution in [3.8, 4) is 28.4 Å². The topological polar surface area (TPSA) is 27.7 Å². The normalized spacial score (nSPS) is 10.6. The number of methoxy groups -OCH3 is 2. The Bertz CT molecular complexity index is 662. The highest BCUT2D eigenvalue weighted by molar-refractivity contribution is 5.75. The lowest BCUT2D eigenvalue weighted by molar-refractivity contribution is 0.304. The number of rotatable bonds is 11. The molecule has 3 nitrogen and oxygen atoms in total. The van der Waals surface area contributed by atoms with Gasteiger partial charge in [-0.3, -0.25) is 0 Å². The van der Waals surface area contributed by atoms with Gasteiger partial charge in [-0.25, -0.2) is 0 Å². The fourth-order valence-corrected chi connectivity index (χ4v) is 3.16. The molecule has 0 atom stereocenters. The van der Waals surface area contributed by atoms with E-state index >= 15 is 0 Å². The molecule has 0 aromatic heterocycles. The Morgan fingerprint density at radius 2 is 1.46 bits per heavy atom. The summed E-state index contributed by atoms with van der Waals surface area (Å²) in [5.74, 6) is 2.55. The summed E-state index contributed by atoms with van der Waals surface area (Å²) in [6.45, 7) is 5.11. The van der Waals surface area contributed by atoms with E-state index in [1.807, 2.05) is 24.3 Å². The summed E-state index contributed by atoms with van der Waals surface area (Å²) in [4.78, 5) is 0. The first-order chi connectivity index (χ1) is 12.7. The van der Waals surface area contributed by atoms with Crippen molar-refractivity contribution < 1.29 is 14.2 Å². The number of aryl methyl sites for hydroxylation is 1. The summed E-state index contributed by atoms with van der Waals surface area (Å²) in [6.07, 6.45) is 7.66. The van der Waals surface area contributed by atoms with Gasteiger partial charge in [-0.2, -0.15) is 0 Å². The van der Waals surface area contributed by atoms with Crippen molar-refractivity contribution >= 4 is 0 Å². The zero-order valence-corrected chi connectivity index (χ0v) is 16.6. The van der Waals surface area contributed by atoms with Gasteiger partial charge in [0.05, 0.1) is 20.8 Å². The van der Waals surface area contributed by atoms with Crippen LogP contribution in [0.15, 0.2) is 36.4 Å². The molecule has 0 bridgehead atoms. The summed E-state index contributed by atoms with van der Waals surface area (Å²) in [5.41, 5.74) is 3.34. The van der Waals surface area contributed by atoms with Crippen LogP contribution in [0.3, 0.4) is 0 Å². The van der Waals surface area contributed by atoms with Gasteiger partial charge in [0.2, 0.25) is 0 Å². The van der Waals surface area contributed by atoms with Gasteiger partial charge in [-0.1, -0.05) is 51.2 Å². The molecular formula is C23H32O3. The van der Waals surface area contributed by atoms with Crippen LogP contribution in [0.4, 0.5) is 0 Å². The van der Waals surface area contributed by atoms with E-state index in [9.17, 15) is 0 Å². The Balaban J connectivity index is 1.95. The van der Waals surface area contributed by atoms with Gasteiger partial charge in [0, 0.05) is 11.6 Å². The van der Waals surface area contributed by atoms with Gasteiger partial charge in [0.15, 0.2) is 0 Å². The predicted octanol–water partition coefficient (Wildman–Crippen LogP) is 6.42. The predicted molar refractivity (Wildman–Crippen MR) is 109 cm³/mol. The molecule has 0 aliphatic heterocycles. The van der Waals surface area contributed by atoms with Crippen molar-refractivity contribution in [3.63, 3.8) is 0 Å². The number of hydrogen-bond acceptors (Lipinski definition) is 3. The van der Waals surface area contributed by atoms with Crippen LogP contribution in [-0.2, 0) is 0 Å². The van der Waals surface area contributed by atoms with Crippen molar-refractivity contribution in [1.29, 1.82) is 0 Å². The first kappa shape index (κ1) is 20.2. The maximum Gasteiger partial charge on any atom is 0.130 e. The highest BCUT2D eigenvalue weighted by atomic mass is 16.5. The molecule has 26 heavy (non-hydrogen) atoms. The Morgan fingerprint density at radius 1 is 0.769 bits per heavy atom. The van der Waals surface area contributed by atoms with E-state index < -0.39 is 0 Å². The Labute approximate surface area is 158 Å². The highest BCUT2D eigenvalue weighted by Crippen LogP contribution is 2.37. The zero-order valence-electron chi connectivity index (χ0n) is 16.6. The van der Waals surface area contributed by atoms with Crippen molar-refractivity contribution in [2.75, 3.05) is 20.8 Å². The van der Waals surface area contributed by atoms with Crippen molar-refractivity contribution in [3.05, 3.63) is 42.0 Å². The molecule has 0 heterocycles. The molecule has 0 spiro atoms.